The summed E-state index contributed by atoms with van der Waals surface area (Å²) in [6, 6.07) is 12.6. The number of rotatable bonds is 4. The molecule has 2 N–H and O–H groups in total. The lowest BCUT2D eigenvalue weighted by Gasteiger charge is -2.42. The molecule has 1 saturated heterocycles. The van der Waals surface area contributed by atoms with Crippen molar-refractivity contribution < 1.29 is 27.0 Å². The second kappa shape index (κ2) is 8.51. The molecule has 0 amide bonds. The Kier molecular flexibility index (Phi) is 6.60. The minimum Gasteiger partial charge on any atom is -0.387 e. The molecule has 2 aromatic rings. The van der Waals surface area contributed by atoms with E-state index in [0.717, 1.165) is 19.7 Å². The number of aryl methyl sites for hydroxylation is 2. The highest BCUT2D eigenvalue weighted by Gasteiger charge is 2.44. The Bertz CT molecular complexity index is 1060. The lowest BCUT2D eigenvalue weighted by atomic mass is 10.0. The van der Waals surface area contributed by atoms with Crippen LogP contribution < -0.4 is 0 Å². The van der Waals surface area contributed by atoms with Crippen LogP contribution in [0.2, 0.25) is 0 Å². The molecule has 176 valence electrons. The first kappa shape index (κ1) is 24.8. The second-order valence-corrected chi connectivity index (χ2v) is 13.0. The van der Waals surface area contributed by atoms with Gasteiger partial charge in [0.1, 0.15) is 0 Å². The van der Waals surface area contributed by atoms with E-state index in [0.29, 0.717) is 0 Å². The van der Waals surface area contributed by atoms with Gasteiger partial charge < -0.3 is 10.2 Å². The molecule has 3 rings (SSSR count). The van der Waals surface area contributed by atoms with Gasteiger partial charge in [-0.2, -0.15) is 8.61 Å². The van der Waals surface area contributed by atoms with Crippen LogP contribution in [0.25, 0.3) is 0 Å². The van der Waals surface area contributed by atoms with Crippen molar-refractivity contribution in [3.63, 3.8) is 0 Å². The van der Waals surface area contributed by atoms with Crippen LogP contribution in [0.15, 0.2) is 58.3 Å². The van der Waals surface area contributed by atoms with Crippen molar-refractivity contribution in [2.24, 2.45) is 0 Å². The van der Waals surface area contributed by atoms with E-state index in [1.54, 1.807) is 24.3 Å². The van der Waals surface area contributed by atoms with Crippen LogP contribution in [0, 0.1) is 13.8 Å². The molecule has 0 aromatic heterocycles. The minimum atomic E-state index is -4.02. The van der Waals surface area contributed by atoms with Crippen LogP contribution in [0.3, 0.4) is 0 Å². The normalized spacial score (nSPS) is 26.4. The number of hydrogen-bond acceptors (Lipinski definition) is 6. The predicted octanol–water partition coefficient (Wildman–Crippen LogP) is 1.50. The van der Waals surface area contributed by atoms with Crippen molar-refractivity contribution in [2.45, 2.75) is 48.7 Å². The highest BCUT2D eigenvalue weighted by molar-refractivity contribution is 7.89. The van der Waals surface area contributed by atoms with Crippen molar-refractivity contribution in [2.75, 3.05) is 26.2 Å². The number of nitrogens with zero attached hydrogens (tertiary/aromatic N) is 2. The van der Waals surface area contributed by atoms with Gasteiger partial charge in [0.05, 0.1) is 21.0 Å². The van der Waals surface area contributed by atoms with Gasteiger partial charge in [-0.05, 0) is 52.0 Å². The third-order valence-electron chi connectivity index (χ3n) is 5.39. The van der Waals surface area contributed by atoms with Crippen molar-refractivity contribution >= 4 is 20.0 Å². The molecule has 0 saturated carbocycles. The number of β-amino-alcohol motifs (C(OH)–C–C–N with tert-alkyl or cyclic N) is 2. The topological polar surface area (TPSA) is 115 Å². The zero-order chi connectivity index (χ0) is 23.9. The third kappa shape index (κ3) is 5.38. The van der Waals surface area contributed by atoms with Crippen molar-refractivity contribution in [1.29, 1.82) is 0 Å². The van der Waals surface area contributed by atoms with Crippen LogP contribution in [0.1, 0.15) is 25.0 Å². The molecular formula is C22H30N2O6S2. The van der Waals surface area contributed by atoms with Gasteiger partial charge in [-0.25, -0.2) is 16.8 Å². The lowest BCUT2D eigenvalue weighted by molar-refractivity contribution is -0.0424. The van der Waals surface area contributed by atoms with Gasteiger partial charge in [0.25, 0.3) is 0 Å². The van der Waals surface area contributed by atoms with Gasteiger partial charge >= 0.3 is 0 Å². The molecular weight excluding hydrogens is 452 g/mol. The number of hydrogen-bond donors (Lipinski definition) is 2. The van der Waals surface area contributed by atoms with E-state index in [2.05, 4.69) is 0 Å². The first-order chi connectivity index (χ1) is 14.6. The van der Waals surface area contributed by atoms with Crippen LogP contribution in [-0.2, 0) is 20.0 Å². The summed E-state index contributed by atoms with van der Waals surface area (Å²) >= 11 is 0. The molecule has 0 atom stereocenters. The Balaban J connectivity index is 1.96. The van der Waals surface area contributed by atoms with E-state index >= 15 is 0 Å². The van der Waals surface area contributed by atoms with Crippen LogP contribution in [0.4, 0.5) is 0 Å². The average molecular weight is 483 g/mol. The maximum absolute atomic E-state index is 13.2. The largest absolute Gasteiger partial charge is 0.387 e. The fourth-order valence-corrected chi connectivity index (χ4v) is 7.14. The van der Waals surface area contributed by atoms with Crippen LogP contribution in [-0.4, -0.2) is 73.0 Å². The van der Waals surface area contributed by atoms with Crippen molar-refractivity contribution in [1.82, 2.24) is 8.61 Å². The lowest BCUT2D eigenvalue weighted by Crippen LogP contribution is -2.61. The standard InChI is InChI=1S/C22H30N2O6S2/c1-17-5-9-19(10-6-17)31(27,28)23-13-21(3,25)15-24(16-22(4,26)14-23)32(29,30)20-11-7-18(2)8-12-20/h5-12,25-26H,13-16H2,1-4H3. The van der Waals surface area contributed by atoms with Gasteiger partial charge in [-0.1, -0.05) is 35.4 Å². The average Bonchev–Trinajstić information content (AvgIpc) is 2.66. The van der Waals surface area contributed by atoms with E-state index in [9.17, 15) is 27.0 Å². The Morgan fingerprint density at radius 3 is 1.12 bits per heavy atom. The van der Waals surface area contributed by atoms with Crippen molar-refractivity contribution in [3.8, 4) is 0 Å². The van der Waals surface area contributed by atoms with Crippen LogP contribution >= 0.6 is 0 Å². The van der Waals surface area contributed by atoms with Gasteiger partial charge in [-0.15, -0.1) is 0 Å². The van der Waals surface area contributed by atoms with E-state index in [-0.39, 0.29) is 36.0 Å². The molecule has 0 spiro atoms. The number of benzene rings is 2. The van der Waals surface area contributed by atoms with Crippen molar-refractivity contribution in [3.05, 3.63) is 59.7 Å². The van der Waals surface area contributed by atoms with Gasteiger partial charge in [-0.3, -0.25) is 0 Å². The van der Waals surface area contributed by atoms with E-state index in [1.807, 2.05) is 13.8 Å². The summed E-state index contributed by atoms with van der Waals surface area (Å²) in [5.74, 6) is 0. The van der Waals surface area contributed by atoms with Gasteiger partial charge in [0.2, 0.25) is 20.0 Å². The molecule has 0 radical (unpaired) electrons. The molecule has 0 bridgehead atoms. The Morgan fingerprint density at radius 1 is 0.625 bits per heavy atom. The summed E-state index contributed by atoms with van der Waals surface area (Å²) in [5, 5.41) is 22.0. The summed E-state index contributed by atoms with van der Waals surface area (Å²) in [5.41, 5.74) is -1.59. The molecule has 8 nitrogen and oxygen atoms in total. The molecule has 32 heavy (non-hydrogen) atoms. The van der Waals surface area contributed by atoms with E-state index < -0.39 is 31.2 Å². The molecule has 1 aliphatic heterocycles. The van der Waals surface area contributed by atoms with Gasteiger partial charge in [0.15, 0.2) is 0 Å². The zero-order valence-electron chi connectivity index (χ0n) is 18.7. The molecule has 10 heteroatoms. The van der Waals surface area contributed by atoms with E-state index in [4.69, 9.17) is 0 Å². The Labute approximate surface area is 190 Å². The summed E-state index contributed by atoms with van der Waals surface area (Å²) in [4.78, 5) is 0.0822. The monoisotopic (exact) mass is 482 g/mol. The smallest absolute Gasteiger partial charge is 0.243 e. The molecule has 1 aliphatic rings. The summed E-state index contributed by atoms with van der Waals surface area (Å²) in [7, 11) is -8.05. The molecule has 1 fully saturated rings. The van der Waals surface area contributed by atoms with E-state index in [1.165, 1.54) is 38.1 Å². The number of aliphatic hydroxyl groups is 2. The number of sulfonamides is 2. The van der Waals surface area contributed by atoms with Crippen LogP contribution in [0.5, 0.6) is 0 Å². The third-order valence-corrected chi connectivity index (χ3v) is 9.00. The predicted molar refractivity (Wildman–Crippen MR) is 121 cm³/mol. The quantitative estimate of drug-likeness (QED) is 0.683. The SMILES string of the molecule is Cc1ccc(S(=O)(=O)N2CC(C)(O)CN(S(=O)(=O)c3ccc(C)cc3)CC(C)(O)C2)cc1. The maximum atomic E-state index is 13.2. The Morgan fingerprint density at radius 2 is 0.875 bits per heavy atom. The minimum absolute atomic E-state index is 0.0411. The highest BCUT2D eigenvalue weighted by atomic mass is 32.2. The highest BCUT2D eigenvalue weighted by Crippen LogP contribution is 2.28. The van der Waals surface area contributed by atoms with Gasteiger partial charge in [0, 0.05) is 26.2 Å². The molecule has 2 aromatic carbocycles. The fourth-order valence-electron chi connectivity index (χ4n) is 3.79. The molecule has 0 unspecified atom stereocenters. The fraction of sp³-hybridized carbons (Fsp3) is 0.455. The summed E-state index contributed by atoms with van der Waals surface area (Å²) in [6.45, 7) is 4.96. The maximum Gasteiger partial charge on any atom is 0.243 e. The summed E-state index contributed by atoms with van der Waals surface area (Å²) in [6.07, 6.45) is 0. The molecule has 1 heterocycles. The Hall–Kier alpha value is -1.82. The first-order valence-electron chi connectivity index (χ1n) is 10.2. The second-order valence-electron chi connectivity index (χ2n) is 9.17. The first-order valence-corrected chi connectivity index (χ1v) is 13.1. The molecule has 0 aliphatic carbocycles. The zero-order valence-corrected chi connectivity index (χ0v) is 20.3. The summed E-state index contributed by atoms with van der Waals surface area (Å²) < 4.78 is 55.0.